The van der Waals surface area contributed by atoms with Gasteiger partial charge in [0.15, 0.2) is 0 Å². The van der Waals surface area contributed by atoms with E-state index in [1.165, 1.54) is 0 Å². The molecule has 102 valence electrons. The zero-order valence-electron chi connectivity index (χ0n) is 10.3. The third-order valence-electron chi connectivity index (χ3n) is 2.79. The smallest absolute Gasteiger partial charge is 0.336 e. The van der Waals surface area contributed by atoms with Crippen LogP contribution in [-0.2, 0) is 19.1 Å². The van der Waals surface area contributed by atoms with Crippen molar-refractivity contribution in [3.63, 3.8) is 0 Å². The van der Waals surface area contributed by atoms with E-state index in [9.17, 15) is 14.4 Å². The van der Waals surface area contributed by atoms with Crippen molar-refractivity contribution in [3.8, 4) is 0 Å². The van der Waals surface area contributed by atoms with Gasteiger partial charge in [-0.05, 0) is 25.0 Å². The molecule has 1 aliphatic rings. The second-order valence-corrected chi connectivity index (χ2v) is 4.79. The molecule has 1 rings (SSSR count). The molecule has 0 radical (unpaired) electrons. The van der Waals surface area contributed by atoms with Crippen molar-refractivity contribution in [2.45, 2.75) is 51.0 Å². The number of hydrogen-bond acceptors (Lipinski definition) is 5. The molecule has 0 aromatic rings. The molecule has 0 aromatic heterocycles. The summed E-state index contributed by atoms with van der Waals surface area (Å²) in [4.78, 5) is 34.6. The Balaban J connectivity index is 2.64. The zero-order valence-corrected chi connectivity index (χ0v) is 11.2. The maximum atomic E-state index is 11.7. The number of esters is 2. The standard InChI is InChI=1S/C12H19NO4S/c14-10-5-3-1-2-4-6-11(15)17-12(16)9(13-10)7-8-18/h9,18H,1-8H2,(H,13,14)/t9-/m0/s1. The average molecular weight is 273 g/mol. The highest BCUT2D eigenvalue weighted by Gasteiger charge is 2.24. The number of amides is 1. The van der Waals surface area contributed by atoms with E-state index < -0.39 is 18.0 Å². The molecular formula is C12H19NO4S. The van der Waals surface area contributed by atoms with Crippen LogP contribution in [0.4, 0.5) is 0 Å². The minimum atomic E-state index is -0.765. The van der Waals surface area contributed by atoms with Crippen LogP contribution in [0.2, 0.25) is 0 Å². The number of hydrogen-bond donors (Lipinski definition) is 2. The van der Waals surface area contributed by atoms with Crippen molar-refractivity contribution in [2.75, 3.05) is 5.75 Å². The van der Waals surface area contributed by atoms with Crippen LogP contribution in [0.25, 0.3) is 0 Å². The quantitative estimate of drug-likeness (QED) is 0.451. The number of ether oxygens (including phenoxy) is 1. The number of nitrogens with one attached hydrogen (secondary N) is 1. The SMILES string of the molecule is O=C1CCCCCCC(=O)OC(=O)[C@H](CCS)N1. The van der Waals surface area contributed by atoms with Gasteiger partial charge in [-0.3, -0.25) is 9.59 Å². The maximum Gasteiger partial charge on any atom is 0.336 e. The highest BCUT2D eigenvalue weighted by Crippen LogP contribution is 2.09. The van der Waals surface area contributed by atoms with E-state index in [4.69, 9.17) is 4.74 Å². The highest BCUT2D eigenvalue weighted by molar-refractivity contribution is 7.80. The number of rotatable bonds is 2. The predicted octanol–water partition coefficient (Wildman–Crippen LogP) is 1.22. The molecule has 5 nitrogen and oxygen atoms in total. The van der Waals surface area contributed by atoms with E-state index in [2.05, 4.69) is 17.9 Å². The summed E-state index contributed by atoms with van der Waals surface area (Å²) in [7, 11) is 0. The summed E-state index contributed by atoms with van der Waals surface area (Å²) in [5.41, 5.74) is 0. The fourth-order valence-corrected chi connectivity index (χ4v) is 2.05. The third-order valence-corrected chi connectivity index (χ3v) is 3.04. The molecule has 6 heteroatoms. The molecule has 1 N–H and O–H groups in total. The maximum absolute atomic E-state index is 11.7. The lowest BCUT2D eigenvalue weighted by molar-refractivity contribution is -0.162. The summed E-state index contributed by atoms with van der Waals surface area (Å²) in [6.45, 7) is 0. The van der Waals surface area contributed by atoms with E-state index in [1.54, 1.807) is 0 Å². The van der Waals surface area contributed by atoms with Crippen LogP contribution in [0.5, 0.6) is 0 Å². The topological polar surface area (TPSA) is 72.5 Å². The summed E-state index contributed by atoms with van der Waals surface area (Å²) in [5, 5.41) is 2.59. The van der Waals surface area contributed by atoms with Crippen LogP contribution in [0.3, 0.4) is 0 Å². The third kappa shape index (κ3) is 5.53. The lowest BCUT2D eigenvalue weighted by Crippen LogP contribution is -2.42. The minimum absolute atomic E-state index is 0.174. The summed E-state index contributed by atoms with van der Waals surface area (Å²) >= 11 is 4.03. The molecule has 0 aliphatic carbocycles. The van der Waals surface area contributed by atoms with Gasteiger partial charge in [0.1, 0.15) is 6.04 Å². The largest absolute Gasteiger partial charge is 0.392 e. The monoisotopic (exact) mass is 273 g/mol. The number of cyclic esters (lactones) is 2. The average Bonchev–Trinajstić information content (AvgIpc) is 2.31. The Morgan fingerprint density at radius 3 is 2.44 bits per heavy atom. The summed E-state index contributed by atoms with van der Waals surface area (Å²) in [6.07, 6.45) is 4.29. The molecule has 1 aliphatic heterocycles. The molecule has 1 fully saturated rings. The van der Waals surface area contributed by atoms with Crippen molar-refractivity contribution in [1.29, 1.82) is 0 Å². The summed E-state index contributed by atoms with van der Waals surface area (Å²) < 4.78 is 4.71. The molecular weight excluding hydrogens is 254 g/mol. The number of carbonyl (C=O) groups excluding carboxylic acids is 3. The molecule has 0 saturated carbocycles. The molecule has 0 bridgehead atoms. The Kier molecular flexibility index (Phi) is 6.78. The molecule has 0 unspecified atom stereocenters. The lowest BCUT2D eigenvalue weighted by Gasteiger charge is -2.16. The van der Waals surface area contributed by atoms with E-state index >= 15 is 0 Å². The van der Waals surface area contributed by atoms with Crippen molar-refractivity contribution >= 4 is 30.5 Å². The zero-order chi connectivity index (χ0) is 13.4. The van der Waals surface area contributed by atoms with E-state index in [-0.39, 0.29) is 12.3 Å². The van der Waals surface area contributed by atoms with Crippen LogP contribution in [0.15, 0.2) is 0 Å². The summed E-state index contributed by atoms with van der Waals surface area (Å²) in [5.74, 6) is -0.928. The molecule has 1 amide bonds. The first-order valence-electron chi connectivity index (χ1n) is 6.28. The van der Waals surface area contributed by atoms with Crippen LogP contribution >= 0.6 is 12.6 Å². The summed E-state index contributed by atoms with van der Waals surface area (Å²) in [6, 6.07) is -0.765. The van der Waals surface area contributed by atoms with E-state index in [0.29, 0.717) is 25.0 Å². The first-order valence-corrected chi connectivity index (χ1v) is 6.91. The van der Waals surface area contributed by atoms with Gasteiger partial charge in [-0.25, -0.2) is 4.79 Å². The van der Waals surface area contributed by atoms with Gasteiger partial charge in [0, 0.05) is 12.8 Å². The van der Waals surface area contributed by atoms with Gasteiger partial charge in [-0.2, -0.15) is 12.6 Å². The predicted molar refractivity (Wildman–Crippen MR) is 69.2 cm³/mol. The normalized spacial score (nSPS) is 23.6. The second-order valence-electron chi connectivity index (χ2n) is 4.34. The Hall–Kier alpha value is -1.04. The molecule has 18 heavy (non-hydrogen) atoms. The van der Waals surface area contributed by atoms with Gasteiger partial charge in [0.05, 0.1) is 0 Å². The van der Waals surface area contributed by atoms with Gasteiger partial charge >= 0.3 is 11.9 Å². The molecule has 1 heterocycles. The number of carbonyl (C=O) groups is 3. The minimum Gasteiger partial charge on any atom is -0.392 e. The van der Waals surface area contributed by atoms with Gasteiger partial charge < -0.3 is 10.1 Å². The van der Waals surface area contributed by atoms with Crippen LogP contribution in [0.1, 0.15) is 44.9 Å². The van der Waals surface area contributed by atoms with Gasteiger partial charge in [0.2, 0.25) is 5.91 Å². The second kappa shape index (κ2) is 8.13. The van der Waals surface area contributed by atoms with Crippen LogP contribution in [0, 0.1) is 0 Å². The van der Waals surface area contributed by atoms with Crippen molar-refractivity contribution in [3.05, 3.63) is 0 Å². The Bertz CT molecular complexity index is 319. The van der Waals surface area contributed by atoms with Crippen LogP contribution in [-0.4, -0.2) is 29.6 Å². The van der Waals surface area contributed by atoms with Crippen molar-refractivity contribution < 1.29 is 19.1 Å². The molecule has 1 atom stereocenters. The van der Waals surface area contributed by atoms with Gasteiger partial charge in [0.25, 0.3) is 0 Å². The lowest BCUT2D eigenvalue weighted by atomic mass is 10.1. The van der Waals surface area contributed by atoms with E-state index in [0.717, 1.165) is 19.3 Å². The van der Waals surface area contributed by atoms with Crippen LogP contribution < -0.4 is 5.32 Å². The van der Waals surface area contributed by atoms with Gasteiger partial charge in [-0.1, -0.05) is 12.8 Å². The Morgan fingerprint density at radius 1 is 1.11 bits per heavy atom. The van der Waals surface area contributed by atoms with Crippen molar-refractivity contribution in [2.24, 2.45) is 0 Å². The molecule has 0 aromatic carbocycles. The first kappa shape index (κ1) is 15.0. The fourth-order valence-electron chi connectivity index (χ4n) is 1.79. The molecule has 1 saturated heterocycles. The van der Waals surface area contributed by atoms with Crippen molar-refractivity contribution in [1.82, 2.24) is 5.32 Å². The van der Waals surface area contributed by atoms with E-state index in [1.807, 2.05) is 0 Å². The highest BCUT2D eigenvalue weighted by atomic mass is 32.1. The fraction of sp³-hybridized carbons (Fsp3) is 0.750. The molecule has 0 spiro atoms. The first-order chi connectivity index (χ1) is 8.63. The van der Waals surface area contributed by atoms with Gasteiger partial charge in [-0.15, -0.1) is 0 Å². The number of thiol groups is 1. The Labute approximate surface area is 112 Å². The Morgan fingerprint density at radius 2 is 1.78 bits per heavy atom.